The first-order valence-corrected chi connectivity index (χ1v) is 14.6. The van der Waals surface area contributed by atoms with Gasteiger partial charge in [0.1, 0.15) is 11.2 Å². The van der Waals surface area contributed by atoms with Crippen LogP contribution in [0.2, 0.25) is 0 Å². The highest BCUT2D eigenvalue weighted by atomic mass is 16.3. The average Bonchev–Trinajstić information content (AvgIpc) is 3.62. The monoisotopic (exact) mass is 564 g/mol. The molecule has 5 heteroatoms. The number of nitrogens with zero attached hydrogens (tertiary/aromatic N) is 4. The first-order chi connectivity index (χ1) is 21.8. The quantitative estimate of drug-likeness (QED) is 0.213. The fourth-order valence-corrected chi connectivity index (χ4v) is 6.17. The summed E-state index contributed by atoms with van der Waals surface area (Å²) in [5.74, 6) is 1.90. The second-order valence-electron chi connectivity index (χ2n) is 10.9. The second kappa shape index (κ2) is 9.75. The molecule has 0 saturated heterocycles. The summed E-state index contributed by atoms with van der Waals surface area (Å²) in [5, 5.41) is 4.43. The molecule has 0 amide bonds. The zero-order chi connectivity index (χ0) is 29.0. The van der Waals surface area contributed by atoms with E-state index in [0.717, 1.165) is 55.2 Å². The van der Waals surface area contributed by atoms with Gasteiger partial charge in [0.15, 0.2) is 17.5 Å². The molecule has 0 bridgehead atoms. The first kappa shape index (κ1) is 24.5. The highest BCUT2D eigenvalue weighted by Gasteiger charge is 2.18. The van der Waals surface area contributed by atoms with Gasteiger partial charge in [0.25, 0.3) is 0 Å². The van der Waals surface area contributed by atoms with Gasteiger partial charge in [0.2, 0.25) is 0 Å². The minimum atomic E-state index is 0.619. The molecule has 0 aliphatic heterocycles. The van der Waals surface area contributed by atoms with Crippen LogP contribution in [-0.4, -0.2) is 19.5 Å². The maximum Gasteiger partial charge on any atom is 0.164 e. The molecule has 5 nitrogen and oxygen atoms in total. The van der Waals surface area contributed by atoms with E-state index in [2.05, 4.69) is 71.3 Å². The van der Waals surface area contributed by atoms with Gasteiger partial charge in [-0.15, -0.1) is 0 Å². The molecular weight excluding hydrogens is 540 g/mol. The smallest absolute Gasteiger partial charge is 0.164 e. The standard InChI is InChI=1S/C39H24N4O/c1-4-12-25(13-5-1)37-40-38(26-14-6-2-7-15-26)42-39(41-37)27-20-21-35-31(22-27)32-23-34-30(24-36(32)44-35)29-18-10-11-19-33(29)43(34)28-16-8-3-9-17-28/h1-24H. The molecule has 0 radical (unpaired) electrons. The molecule has 0 aliphatic carbocycles. The molecule has 206 valence electrons. The SMILES string of the molecule is c1ccc(-c2nc(-c3ccccc3)nc(-c3ccc4oc5cc6c7ccccc7n(-c7ccccc7)c6cc5c4c3)n2)cc1. The third-order valence-electron chi connectivity index (χ3n) is 8.24. The molecule has 44 heavy (non-hydrogen) atoms. The van der Waals surface area contributed by atoms with Gasteiger partial charge in [-0.3, -0.25) is 0 Å². The Bertz CT molecular complexity index is 2420. The van der Waals surface area contributed by atoms with Crippen molar-refractivity contribution in [3.8, 4) is 39.9 Å². The molecule has 0 saturated carbocycles. The Morgan fingerprint density at radius 3 is 1.64 bits per heavy atom. The van der Waals surface area contributed by atoms with E-state index >= 15 is 0 Å². The van der Waals surface area contributed by atoms with Crippen molar-refractivity contribution in [3.05, 3.63) is 146 Å². The number of rotatable bonds is 4. The van der Waals surface area contributed by atoms with Gasteiger partial charge in [0, 0.05) is 43.9 Å². The van der Waals surface area contributed by atoms with Crippen molar-refractivity contribution >= 4 is 43.7 Å². The fourth-order valence-electron chi connectivity index (χ4n) is 6.17. The van der Waals surface area contributed by atoms with Crippen LogP contribution in [0.25, 0.3) is 83.6 Å². The normalized spacial score (nSPS) is 11.6. The second-order valence-corrected chi connectivity index (χ2v) is 10.9. The number of fused-ring (bicyclic) bond motifs is 6. The minimum Gasteiger partial charge on any atom is -0.456 e. The maximum atomic E-state index is 6.44. The molecular formula is C39H24N4O. The van der Waals surface area contributed by atoms with E-state index < -0.39 is 0 Å². The molecule has 0 atom stereocenters. The Labute approximate surface area is 252 Å². The van der Waals surface area contributed by atoms with Crippen LogP contribution in [0.4, 0.5) is 0 Å². The minimum absolute atomic E-state index is 0.619. The van der Waals surface area contributed by atoms with Crippen molar-refractivity contribution in [1.29, 1.82) is 0 Å². The fraction of sp³-hybridized carbons (Fsp3) is 0. The van der Waals surface area contributed by atoms with Gasteiger partial charge in [-0.2, -0.15) is 0 Å². The van der Waals surface area contributed by atoms with Crippen LogP contribution in [0.5, 0.6) is 0 Å². The molecule has 3 aromatic heterocycles. The molecule has 0 unspecified atom stereocenters. The molecule has 3 heterocycles. The van der Waals surface area contributed by atoms with Crippen molar-refractivity contribution in [2.24, 2.45) is 0 Å². The number of hydrogen-bond acceptors (Lipinski definition) is 4. The number of aromatic nitrogens is 4. The molecule has 9 aromatic rings. The van der Waals surface area contributed by atoms with E-state index in [1.807, 2.05) is 78.9 Å². The molecule has 0 aliphatic rings. The summed E-state index contributed by atoms with van der Waals surface area (Å²) in [7, 11) is 0. The van der Waals surface area contributed by atoms with Gasteiger partial charge in [0.05, 0.1) is 11.0 Å². The highest BCUT2D eigenvalue weighted by molar-refractivity contribution is 6.17. The predicted octanol–water partition coefficient (Wildman–Crippen LogP) is 9.87. The van der Waals surface area contributed by atoms with Gasteiger partial charge in [-0.25, -0.2) is 15.0 Å². The summed E-state index contributed by atoms with van der Waals surface area (Å²) in [4.78, 5) is 14.7. The number of furan rings is 1. The number of para-hydroxylation sites is 2. The Morgan fingerprint density at radius 2 is 0.955 bits per heavy atom. The zero-order valence-electron chi connectivity index (χ0n) is 23.6. The maximum absolute atomic E-state index is 6.44. The van der Waals surface area contributed by atoms with Crippen LogP contribution in [0.3, 0.4) is 0 Å². The van der Waals surface area contributed by atoms with Crippen LogP contribution < -0.4 is 0 Å². The lowest BCUT2D eigenvalue weighted by Crippen LogP contribution is -2.00. The van der Waals surface area contributed by atoms with E-state index in [0.29, 0.717) is 17.5 Å². The number of benzene rings is 6. The summed E-state index contributed by atoms with van der Waals surface area (Å²) in [6.45, 7) is 0. The topological polar surface area (TPSA) is 56.7 Å². The van der Waals surface area contributed by atoms with Crippen LogP contribution in [0.15, 0.2) is 150 Å². The summed E-state index contributed by atoms with van der Waals surface area (Å²) >= 11 is 0. The molecule has 0 fully saturated rings. The highest BCUT2D eigenvalue weighted by Crippen LogP contribution is 2.39. The van der Waals surface area contributed by atoms with Gasteiger partial charge >= 0.3 is 0 Å². The summed E-state index contributed by atoms with van der Waals surface area (Å²) in [5.41, 5.74) is 7.89. The molecule has 9 rings (SSSR count). The van der Waals surface area contributed by atoms with E-state index in [-0.39, 0.29) is 0 Å². The van der Waals surface area contributed by atoms with Crippen LogP contribution >= 0.6 is 0 Å². The molecule has 0 N–H and O–H groups in total. The lowest BCUT2D eigenvalue weighted by atomic mass is 10.1. The van der Waals surface area contributed by atoms with E-state index in [1.165, 1.54) is 10.9 Å². The Morgan fingerprint density at radius 1 is 0.386 bits per heavy atom. The Balaban J connectivity index is 1.28. The number of hydrogen-bond donors (Lipinski definition) is 0. The largest absolute Gasteiger partial charge is 0.456 e. The van der Waals surface area contributed by atoms with Crippen LogP contribution in [-0.2, 0) is 0 Å². The van der Waals surface area contributed by atoms with Gasteiger partial charge in [-0.1, -0.05) is 97.1 Å². The Kier molecular flexibility index (Phi) is 5.43. The molecule has 0 spiro atoms. The summed E-state index contributed by atoms with van der Waals surface area (Å²) < 4.78 is 8.77. The van der Waals surface area contributed by atoms with E-state index in [9.17, 15) is 0 Å². The van der Waals surface area contributed by atoms with Crippen molar-refractivity contribution in [3.63, 3.8) is 0 Å². The van der Waals surface area contributed by atoms with Crippen molar-refractivity contribution in [1.82, 2.24) is 19.5 Å². The lowest BCUT2D eigenvalue weighted by Gasteiger charge is -2.08. The third kappa shape index (κ3) is 3.91. The summed E-state index contributed by atoms with van der Waals surface area (Å²) in [6, 6.07) is 49.8. The van der Waals surface area contributed by atoms with Crippen molar-refractivity contribution in [2.45, 2.75) is 0 Å². The predicted molar refractivity (Wildman–Crippen MR) is 178 cm³/mol. The van der Waals surface area contributed by atoms with Gasteiger partial charge < -0.3 is 8.98 Å². The molecule has 6 aromatic carbocycles. The first-order valence-electron chi connectivity index (χ1n) is 14.6. The van der Waals surface area contributed by atoms with E-state index in [4.69, 9.17) is 19.4 Å². The van der Waals surface area contributed by atoms with E-state index in [1.54, 1.807) is 0 Å². The Hall–Kier alpha value is -6.07. The van der Waals surface area contributed by atoms with Crippen molar-refractivity contribution in [2.75, 3.05) is 0 Å². The summed E-state index contributed by atoms with van der Waals surface area (Å²) in [6.07, 6.45) is 0. The van der Waals surface area contributed by atoms with Crippen LogP contribution in [0.1, 0.15) is 0 Å². The zero-order valence-corrected chi connectivity index (χ0v) is 23.6. The third-order valence-corrected chi connectivity index (χ3v) is 8.24. The lowest BCUT2D eigenvalue weighted by molar-refractivity contribution is 0.669. The van der Waals surface area contributed by atoms with Crippen molar-refractivity contribution < 1.29 is 4.42 Å². The average molecular weight is 565 g/mol. The van der Waals surface area contributed by atoms with Gasteiger partial charge in [-0.05, 0) is 48.5 Å². The van der Waals surface area contributed by atoms with Crippen LogP contribution in [0, 0.1) is 0 Å².